The van der Waals surface area contributed by atoms with Crippen LogP contribution >= 0.6 is 0 Å². The number of esters is 1. The lowest BCUT2D eigenvalue weighted by Crippen LogP contribution is -2.32. The second-order valence-corrected chi connectivity index (χ2v) is 7.18. The van der Waals surface area contributed by atoms with E-state index in [0.29, 0.717) is 12.0 Å². The molecule has 2 aromatic rings. The van der Waals surface area contributed by atoms with Crippen molar-refractivity contribution in [2.45, 2.75) is 44.8 Å². The molecule has 3 unspecified atom stereocenters. The Morgan fingerprint density at radius 2 is 1.78 bits per heavy atom. The Kier molecular flexibility index (Phi) is 5.89. The molecule has 1 amide bonds. The lowest BCUT2D eigenvalue weighted by molar-refractivity contribution is -0.148. The summed E-state index contributed by atoms with van der Waals surface area (Å²) >= 11 is 0. The third-order valence-corrected chi connectivity index (χ3v) is 4.69. The Hall–Kier alpha value is -2.69. The molecule has 4 nitrogen and oxygen atoms in total. The predicted octanol–water partition coefficient (Wildman–Crippen LogP) is 4.13. The Labute approximate surface area is 158 Å². The van der Waals surface area contributed by atoms with Crippen molar-refractivity contribution in [3.8, 4) is 0 Å². The molecule has 1 saturated carbocycles. The maximum absolute atomic E-state index is 13.9. The van der Waals surface area contributed by atoms with Gasteiger partial charge in [-0.3, -0.25) is 9.59 Å². The zero-order valence-corrected chi connectivity index (χ0v) is 15.5. The van der Waals surface area contributed by atoms with Gasteiger partial charge in [-0.1, -0.05) is 48.5 Å². The van der Waals surface area contributed by atoms with E-state index in [1.165, 1.54) is 6.07 Å². The van der Waals surface area contributed by atoms with Crippen molar-refractivity contribution in [2.75, 3.05) is 0 Å². The minimum atomic E-state index is -0.466. The molecule has 0 radical (unpaired) electrons. The molecule has 0 heterocycles. The van der Waals surface area contributed by atoms with Crippen molar-refractivity contribution in [3.05, 3.63) is 71.5 Å². The van der Waals surface area contributed by atoms with Crippen LogP contribution in [0.2, 0.25) is 0 Å². The quantitative estimate of drug-likeness (QED) is 0.747. The van der Waals surface area contributed by atoms with Crippen LogP contribution in [-0.4, -0.2) is 18.0 Å². The van der Waals surface area contributed by atoms with Crippen LogP contribution < -0.4 is 5.32 Å². The van der Waals surface area contributed by atoms with Crippen molar-refractivity contribution in [1.82, 2.24) is 5.32 Å². The summed E-state index contributed by atoms with van der Waals surface area (Å²) in [6.45, 7) is 3.58. The average Bonchev–Trinajstić information content (AvgIpc) is 3.42. The van der Waals surface area contributed by atoms with Crippen LogP contribution in [0.1, 0.15) is 49.8 Å². The number of nitrogens with one attached hydrogen (secondary N) is 1. The maximum atomic E-state index is 13.9. The summed E-state index contributed by atoms with van der Waals surface area (Å²) < 4.78 is 19.2. The summed E-state index contributed by atoms with van der Waals surface area (Å²) in [4.78, 5) is 24.8. The van der Waals surface area contributed by atoms with Gasteiger partial charge in [0.15, 0.2) is 0 Å². The SMILES string of the molecule is CC(C)OC(=O)CC(NC(=O)C1CC1c1ccccc1F)c1ccccc1. The molecule has 3 atom stereocenters. The van der Waals surface area contributed by atoms with Crippen molar-refractivity contribution in [2.24, 2.45) is 5.92 Å². The number of carbonyl (C=O) groups excluding carboxylic acids is 2. The summed E-state index contributed by atoms with van der Waals surface area (Å²) in [5, 5.41) is 2.96. The fraction of sp³-hybridized carbons (Fsp3) is 0.364. The van der Waals surface area contributed by atoms with Gasteiger partial charge in [-0.05, 0) is 43.4 Å². The van der Waals surface area contributed by atoms with Gasteiger partial charge in [0.2, 0.25) is 5.91 Å². The molecule has 1 N–H and O–H groups in total. The van der Waals surface area contributed by atoms with Gasteiger partial charge in [0.1, 0.15) is 5.82 Å². The van der Waals surface area contributed by atoms with Crippen LogP contribution in [0, 0.1) is 11.7 Å². The lowest BCUT2D eigenvalue weighted by atomic mass is 10.0. The summed E-state index contributed by atoms with van der Waals surface area (Å²) in [5.74, 6) is -1.17. The highest BCUT2D eigenvalue weighted by atomic mass is 19.1. The minimum Gasteiger partial charge on any atom is -0.463 e. The molecule has 0 saturated heterocycles. The number of benzene rings is 2. The molecule has 1 aliphatic carbocycles. The first kappa shape index (κ1) is 19.1. The molecule has 0 aromatic heterocycles. The fourth-order valence-corrected chi connectivity index (χ4v) is 3.30. The van der Waals surface area contributed by atoms with Crippen LogP contribution in [0.25, 0.3) is 0 Å². The highest BCUT2D eigenvalue weighted by Gasteiger charge is 2.45. The largest absolute Gasteiger partial charge is 0.463 e. The van der Waals surface area contributed by atoms with Gasteiger partial charge in [-0.2, -0.15) is 0 Å². The number of rotatable bonds is 7. The fourth-order valence-electron chi connectivity index (χ4n) is 3.30. The third-order valence-electron chi connectivity index (χ3n) is 4.69. The zero-order chi connectivity index (χ0) is 19.4. The Morgan fingerprint density at radius 1 is 1.11 bits per heavy atom. The first-order chi connectivity index (χ1) is 13.0. The van der Waals surface area contributed by atoms with Crippen molar-refractivity contribution >= 4 is 11.9 Å². The number of hydrogen-bond acceptors (Lipinski definition) is 3. The summed E-state index contributed by atoms with van der Waals surface area (Å²) in [5.41, 5.74) is 1.42. The van der Waals surface area contributed by atoms with Gasteiger partial charge in [0.25, 0.3) is 0 Å². The molecular formula is C22H24FNO3. The summed E-state index contributed by atoms with van der Waals surface area (Å²) in [7, 11) is 0. The van der Waals surface area contributed by atoms with E-state index in [0.717, 1.165) is 5.56 Å². The predicted molar refractivity (Wildman–Crippen MR) is 100 cm³/mol. The molecule has 1 aliphatic rings. The maximum Gasteiger partial charge on any atom is 0.308 e. The monoisotopic (exact) mass is 369 g/mol. The molecule has 0 aliphatic heterocycles. The van der Waals surface area contributed by atoms with Gasteiger partial charge in [-0.25, -0.2) is 4.39 Å². The van der Waals surface area contributed by atoms with E-state index in [4.69, 9.17) is 4.74 Å². The standard InChI is InChI=1S/C22H24FNO3/c1-14(2)27-21(25)13-20(15-8-4-3-5-9-15)24-22(26)18-12-17(18)16-10-6-7-11-19(16)23/h3-11,14,17-18,20H,12-13H2,1-2H3,(H,24,26). The molecule has 27 heavy (non-hydrogen) atoms. The first-order valence-corrected chi connectivity index (χ1v) is 9.25. The molecule has 5 heteroatoms. The van der Waals surface area contributed by atoms with E-state index in [2.05, 4.69) is 5.32 Å². The highest BCUT2D eigenvalue weighted by molar-refractivity contribution is 5.84. The number of amides is 1. The van der Waals surface area contributed by atoms with Crippen LogP contribution in [-0.2, 0) is 14.3 Å². The second kappa shape index (κ2) is 8.33. The van der Waals surface area contributed by atoms with E-state index >= 15 is 0 Å². The Bertz CT molecular complexity index is 806. The smallest absolute Gasteiger partial charge is 0.308 e. The van der Waals surface area contributed by atoms with Crippen molar-refractivity contribution in [3.63, 3.8) is 0 Å². The molecule has 142 valence electrons. The normalized spacial score (nSPS) is 19.4. The zero-order valence-electron chi connectivity index (χ0n) is 15.5. The Balaban J connectivity index is 1.68. The van der Waals surface area contributed by atoms with Crippen molar-refractivity contribution < 1.29 is 18.7 Å². The van der Waals surface area contributed by atoms with E-state index in [-0.39, 0.29) is 42.1 Å². The number of halogens is 1. The lowest BCUT2D eigenvalue weighted by Gasteiger charge is -2.19. The molecule has 0 spiro atoms. The highest BCUT2D eigenvalue weighted by Crippen LogP contribution is 2.48. The summed E-state index contributed by atoms with van der Waals surface area (Å²) in [6.07, 6.45) is 0.467. The number of ether oxygens (including phenoxy) is 1. The minimum absolute atomic E-state index is 0.0605. The first-order valence-electron chi connectivity index (χ1n) is 9.25. The molecule has 0 bridgehead atoms. The second-order valence-electron chi connectivity index (χ2n) is 7.18. The Morgan fingerprint density at radius 3 is 2.44 bits per heavy atom. The molecule has 2 aromatic carbocycles. The van der Waals surface area contributed by atoms with Gasteiger partial charge < -0.3 is 10.1 Å². The number of carbonyl (C=O) groups is 2. The van der Waals surface area contributed by atoms with Crippen LogP contribution in [0.5, 0.6) is 0 Å². The van der Waals surface area contributed by atoms with Crippen LogP contribution in [0.4, 0.5) is 4.39 Å². The van der Waals surface area contributed by atoms with E-state index < -0.39 is 6.04 Å². The van der Waals surface area contributed by atoms with Crippen LogP contribution in [0.3, 0.4) is 0 Å². The van der Waals surface area contributed by atoms with Gasteiger partial charge in [-0.15, -0.1) is 0 Å². The van der Waals surface area contributed by atoms with E-state index in [1.807, 2.05) is 30.3 Å². The van der Waals surface area contributed by atoms with Crippen molar-refractivity contribution in [1.29, 1.82) is 0 Å². The summed E-state index contributed by atoms with van der Waals surface area (Å²) in [6, 6.07) is 15.4. The van der Waals surface area contributed by atoms with Crippen LogP contribution in [0.15, 0.2) is 54.6 Å². The van der Waals surface area contributed by atoms with E-state index in [9.17, 15) is 14.0 Å². The average molecular weight is 369 g/mol. The molecule has 3 rings (SSSR count). The number of hydrogen-bond donors (Lipinski definition) is 1. The third kappa shape index (κ3) is 4.94. The molecular weight excluding hydrogens is 345 g/mol. The van der Waals surface area contributed by atoms with E-state index in [1.54, 1.807) is 32.0 Å². The van der Waals surface area contributed by atoms with Gasteiger partial charge >= 0.3 is 5.97 Å². The molecule has 1 fully saturated rings. The van der Waals surface area contributed by atoms with Gasteiger partial charge in [0.05, 0.1) is 18.6 Å². The van der Waals surface area contributed by atoms with Gasteiger partial charge in [0, 0.05) is 5.92 Å². The topological polar surface area (TPSA) is 55.4 Å².